The topological polar surface area (TPSA) is 195 Å². The molecule has 1 aromatic rings. The van der Waals surface area contributed by atoms with Gasteiger partial charge in [-0.05, 0) is 36.8 Å². The van der Waals surface area contributed by atoms with Gasteiger partial charge in [0.1, 0.15) is 23.6 Å². The van der Waals surface area contributed by atoms with E-state index in [0.717, 1.165) is 27.7 Å². The second-order valence-corrected chi connectivity index (χ2v) is 15.4. The van der Waals surface area contributed by atoms with Gasteiger partial charge in [0.05, 0.1) is 16.9 Å². The lowest BCUT2D eigenvalue weighted by Crippen LogP contribution is -2.70. The number of fused-ring (bicyclic) bond motifs is 5. The van der Waals surface area contributed by atoms with Crippen LogP contribution in [0.5, 0.6) is 0 Å². The van der Waals surface area contributed by atoms with Crippen LogP contribution in [0.3, 0.4) is 0 Å². The van der Waals surface area contributed by atoms with E-state index in [2.05, 4.69) is 0 Å². The van der Waals surface area contributed by atoms with Crippen molar-refractivity contribution in [2.75, 3.05) is 6.61 Å². The summed E-state index contributed by atoms with van der Waals surface area (Å²) in [7, 11) is 0. The second kappa shape index (κ2) is 13.3. The van der Waals surface area contributed by atoms with Gasteiger partial charge in [-0.25, -0.2) is 9.59 Å². The van der Waals surface area contributed by atoms with E-state index in [1.165, 1.54) is 12.1 Å². The van der Waals surface area contributed by atoms with Crippen LogP contribution in [0.25, 0.3) is 0 Å². The molecule has 0 aliphatic heterocycles. The Morgan fingerprint density at radius 2 is 1.39 bits per heavy atom. The lowest BCUT2D eigenvalue weighted by Gasteiger charge is -2.58. The maximum atomic E-state index is 14.2. The van der Waals surface area contributed by atoms with Crippen molar-refractivity contribution >= 4 is 41.6 Å². The molecule has 278 valence electrons. The number of carbonyl (C=O) groups is 7. The molecule has 4 saturated carbocycles. The number of benzene rings is 1. The molecule has 4 aliphatic carbocycles. The third kappa shape index (κ3) is 6.40. The fourth-order valence-electron chi connectivity index (χ4n) is 9.77. The Kier molecular flexibility index (Phi) is 9.91. The van der Waals surface area contributed by atoms with Crippen LogP contribution in [0.2, 0.25) is 0 Å². The third-order valence-corrected chi connectivity index (χ3v) is 11.3. The van der Waals surface area contributed by atoms with Crippen LogP contribution < -0.4 is 0 Å². The molecule has 1 aromatic carbocycles. The average molecular weight is 715 g/mol. The first kappa shape index (κ1) is 37.9. The molecule has 0 aromatic heterocycles. The molecule has 5 rings (SSSR count). The second-order valence-electron chi connectivity index (χ2n) is 15.4. The van der Waals surface area contributed by atoms with Crippen molar-refractivity contribution in [2.45, 2.75) is 110 Å². The predicted molar refractivity (Wildman–Crippen MR) is 173 cm³/mol. The SMILES string of the molecule is CC(=O)OCC(=O)O[C@@H]1[C@H]2[C@@H](OC(=O)c3ccccc3)[C@H](C)C[C@@]2(O)[C@H](OC(C)=O)[C@]2(C)[C@H](OC(C)=O)[C@]1(OC(C)=O)C[C@@H]1C(=O)C(C)(C)C[C@@H]12. The van der Waals surface area contributed by atoms with Crippen molar-refractivity contribution in [3.8, 4) is 0 Å². The molecule has 2 bridgehead atoms. The monoisotopic (exact) mass is 714 g/mol. The normalized spacial score (nSPS) is 37.5. The molecule has 14 nitrogen and oxygen atoms in total. The Bertz CT molecular complexity index is 1620. The van der Waals surface area contributed by atoms with E-state index < -0.39 is 113 Å². The van der Waals surface area contributed by atoms with E-state index in [1.807, 2.05) is 0 Å². The van der Waals surface area contributed by atoms with Gasteiger partial charge in [0.15, 0.2) is 24.4 Å². The van der Waals surface area contributed by atoms with Crippen molar-refractivity contribution in [3.05, 3.63) is 35.9 Å². The van der Waals surface area contributed by atoms with Crippen LogP contribution in [0.4, 0.5) is 0 Å². The molecule has 11 atom stereocenters. The average Bonchev–Trinajstić information content (AvgIpc) is 3.41. The quantitative estimate of drug-likeness (QED) is 0.305. The number of hydrogen-bond acceptors (Lipinski definition) is 14. The zero-order chi connectivity index (χ0) is 37.8. The minimum absolute atomic E-state index is 0.175. The van der Waals surface area contributed by atoms with Gasteiger partial charge < -0.3 is 33.5 Å². The number of ketones is 1. The van der Waals surface area contributed by atoms with Gasteiger partial charge in [-0.2, -0.15) is 0 Å². The fraction of sp³-hybridized carbons (Fsp3) is 0.649. The molecule has 14 heteroatoms. The largest absolute Gasteiger partial charge is 0.459 e. The van der Waals surface area contributed by atoms with E-state index in [-0.39, 0.29) is 30.6 Å². The fourth-order valence-corrected chi connectivity index (χ4v) is 9.77. The van der Waals surface area contributed by atoms with Crippen molar-refractivity contribution < 1.29 is 67.1 Å². The number of Topliss-reactive ketones (excluding diaryl/α,β-unsaturated/α-hetero) is 1. The third-order valence-electron chi connectivity index (χ3n) is 11.3. The summed E-state index contributed by atoms with van der Waals surface area (Å²) in [6.07, 6.45) is -6.55. The van der Waals surface area contributed by atoms with Gasteiger partial charge in [0.25, 0.3) is 0 Å². The number of ether oxygens (including phenoxy) is 6. The van der Waals surface area contributed by atoms with Crippen LogP contribution in [0.15, 0.2) is 30.3 Å². The van der Waals surface area contributed by atoms with Crippen molar-refractivity contribution in [1.29, 1.82) is 0 Å². The van der Waals surface area contributed by atoms with Crippen LogP contribution in [-0.4, -0.2) is 88.9 Å². The first-order valence-corrected chi connectivity index (χ1v) is 17.1. The van der Waals surface area contributed by atoms with Gasteiger partial charge in [-0.15, -0.1) is 0 Å². The summed E-state index contributed by atoms with van der Waals surface area (Å²) in [6.45, 7) is 10.4. The summed E-state index contributed by atoms with van der Waals surface area (Å²) in [5.41, 5.74) is -6.86. The molecule has 0 spiro atoms. The number of rotatable bonds is 8. The molecule has 51 heavy (non-hydrogen) atoms. The van der Waals surface area contributed by atoms with Crippen LogP contribution >= 0.6 is 0 Å². The molecule has 0 amide bonds. The Labute approximate surface area is 295 Å². The van der Waals surface area contributed by atoms with Crippen molar-refractivity contribution in [2.24, 2.45) is 34.5 Å². The van der Waals surface area contributed by atoms with E-state index in [0.29, 0.717) is 0 Å². The van der Waals surface area contributed by atoms with E-state index in [9.17, 15) is 38.7 Å². The van der Waals surface area contributed by atoms with E-state index in [1.54, 1.807) is 45.9 Å². The number of hydrogen-bond donors (Lipinski definition) is 1. The minimum Gasteiger partial charge on any atom is -0.459 e. The minimum atomic E-state index is -2.22. The highest BCUT2D eigenvalue weighted by Crippen LogP contribution is 2.69. The molecule has 0 radical (unpaired) electrons. The summed E-state index contributed by atoms with van der Waals surface area (Å²) in [5, 5.41) is 13.2. The highest BCUT2D eigenvalue weighted by molar-refractivity contribution is 5.90. The summed E-state index contributed by atoms with van der Waals surface area (Å²) in [6, 6.07) is 8.03. The van der Waals surface area contributed by atoms with Gasteiger partial charge in [-0.1, -0.05) is 45.9 Å². The van der Waals surface area contributed by atoms with Gasteiger partial charge >= 0.3 is 35.8 Å². The molecular weight excluding hydrogens is 668 g/mol. The Morgan fingerprint density at radius 1 is 0.784 bits per heavy atom. The molecule has 4 aliphatic rings. The van der Waals surface area contributed by atoms with Gasteiger partial charge in [0.2, 0.25) is 0 Å². The van der Waals surface area contributed by atoms with Crippen LogP contribution in [-0.2, 0) is 57.2 Å². The van der Waals surface area contributed by atoms with E-state index in [4.69, 9.17) is 28.4 Å². The summed E-state index contributed by atoms with van der Waals surface area (Å²) >= 11 is 0. The molecule has 0 saturated heterocycles. The first-order valence-electron chi connectivity index (χ1n) is 17.1. The molecule has 0 heterocycles. The summed E-state index contributed by atoms with van der Waals surface area (Å²) in [5.74, 6) is -9.32. The standard InChI is InChI=1S/C37H46O14/c1-18-14-36(45)27(28(18)50-31(44)23-12-10-9-11-13-23)30(49-26(42)17-46-19(2)38)37(51-22(5)41)15-24-25(16-34(6,7)29(24)43)35(8,32(36)47-20(3)39)33(37)48-21(4)40/h9-13,18,24-25,27-28,30,32-33,45H,14-17H2,1-8H3/t18-,24+,25+,27-,28+,30-,32-,33+,35-,36+,37+/m1/s1. The van der Waals surface area contributed by atoms with Crippen molar-refractivity contribution in [1.82, 2.24) is 0 Å². The molecule has 4 fully saturated rings. The smallest absolute Gasteiger partial charge is 0.344 e. The number of esters is 6. The maximum absolute atomic E-state index is 14.2. The zero-order valence-electron chi connectivity index (χ0n) is 30.1. The Hall–Kier alpha value is -4.33. The number of aliphatic hydroxyl groups is 1. The number of carbonyl (C=O) groups excluding carboxylic acids is 7. The predicted octanol–water partition coefficient (Wildman–Crippen LogP) is 2.89. The zero-order valence-corrected chi connectivity index (χ0v) is 30.1. The van der Waals surface area contributed by atoms with Crippen LogP contribution in [0.1, 0.15) is 85.0 Å². The summed E-state index contributed by atoms with van der Waals surface area (Å²) in [4.78, 5) is 92.6. The lowest BCUT2D eigenvalue weighted by molar-refractivity contribution is -0.269. The molecule has 0 unspecified atom stereocenters. The first-order chi connectivity index (χ1) is 23.7. The van der Waals surface area contributed by atoms with Gasteiger partial charge in [-0.3, -0.25) is 24.0 Å². The molecule has 1 N–H and O–H groups in total. The van der Waals surface area contributed by atoms with E-state index >= 15 is 0 Å². The Balaban J connectivity index is 1.85. The lowest BCUT2D eigenvalue weighted by atomic mass is 9.53. The summed E-state index contributed by atoms with van der Waals surface area (Å²) < 4.78 is 35.5. The Morgan fingerprint density at radius 3 is 1.96 bits per heavy atom. The maximum Gasteiger partial charge on any atom is 0.344 e. The van der Waals surface area contributed by atoms with Crippen LogP contribution in [0, 0.1) is 34.5 Å². The molecular formula is C37H46O14. The van der Waals surface area contributed by atoms with Crippen molar-refractivity contribution in [3.63, 3.8) is 0 Å². The highest BCUT2D eigenvalue weighted by atomic mass is 16.6. The van der Waals surface area contributed by atoms with Gasteiger partial charge in [0, 0.05) is 45.4 Å². The highest BCUT2D eigenvalue weighted by Gasteiger charge is 2.82.